The lowest BCUT2D eigenvalue weighted by molar-refractivity contribution is 0.190. The van der Waals surface area contributed by atoms with E-state index < -0.39 is 17.7 Å². The number of anilines is 1. The molecule has 1 aliphatic rings. The molecule has 6 heteroatoms. The van der Waals surface area contributed by atoms with Gasteiger partial charge in [0.2, 0.25) is 0 Å². The molecule has 1 fully saturated rings. The maximum atomic E-state index is 13.1. The number of benzene rings is 2. The van der Waals surface area contributed by atoms with E-state index in [2.05, 4.69) is 27.7 Å². The molecule has 2 N–H and O–H groups in total. The summed E-state index contributed by atoms with van der Waals surface area (Å²) in [6.45, 7) is 2.70. The van der Waals surface area contributed by atoms with Gasteiger partial charge in [0.1, 0.15) is 11.6 Å². The van der Waals surface area contributed by atoms with Gasteiger partial charge in [0.15, 0.2) is 0 Å². The second-order valence-corrected chi connectivity index (χ2v) is 6.29. The van der Waals surface area contributed by atoms with E-state index in [1.165, 1.54) is 5.56 Å². The number of nitrogens with one attached hydrogen (secondary N) is 2. The van der Waals surface area contributed by atoms with E-state index >= 15 is 0 Å². The lowest BCUT2D eigenvalue weighted by Crippen LogP contribution is -2.45. The number of urea groups is 1. The Morgan fingerprint density at radius 2 is 1.68 bits per heavy atom. The van der Waals surface area contributed by atoms with Gasteiger partial charge in [-0.2, -0.15) is 0 Å². The van der Waals surface area contributed by atoms with E-state index in [1.807, 2.05) is 18.2 Å². The number of halogens is 2. The highest BCUT2D eigenvalue weighted by molar-refractivity contribution is 5.89. The molecular formula is C19H21F2N3O. The normalized spacial score (nSPS) is 15.8. The van der Waals surface area contributed by atoms with Crippen molar-refractivity contribution in [3.8, 4) is 0 Å². The van der Waals surface area contributed by atoms with Crippen LogP contribution in [0.15, 0.2) is 48.5 Å². The number of likely N-dealkylation sites (tertiary alicyclic amines) is 1. The maximum absolute atomic E-state index is 13.1. The number of carbonyl (C=O) groups is 1. The zero-order valence-electron chi connectivity index (χ0n) is 13.8. The highest BCUT2D eigenvalue weighted by atomic mass is 19.1. The SMILES string of the molecule is O=C(Nc1cc(F)cc(F)c1)NC1CCN(Cc2ccccc2)CC1. The fourth-order valence-electron chi connectivity index (χ4n) is 3.06. The summed E-state index contributed by atoms with van der Waals surface area (Å²) in [7, 11) is 0. The molecule has 0 spiro atoms. The van der Waals surface area contributed by atoms with Crippen molar-refractivity contribution in [3.63, 3.8) is 0 Å². The van der Waals surface area contributed by atoms with Gasteiger partial charge in [-0.1, -0.05) is 30.3 Å². The quantitative estimate of drug-likeness (QED) is 0.886. The minimum absolute atomic E-state index is 0.0606. The average molecular weight is 345 g/mol. The molecule has 0 bridgehead atoms. The van der Waals surface area contributed by atoms with Crippen LogP contribution in [-0.2, 0) is 6.54 Å². The Hall–Kier alpha value is -2.47. The van der Waals surface area contributed by atoms with Crippen LogP contribution in [0, 0.1) is 11.6 Å². The van der Waals surface area contributed by atoms with Gasteiger partial charge in [-0.05, 0) is 30.5 Å². The monoisotopic (exact) mass is 345 g/mol. The molecule has 2 amide bonds. The molecule has 3 rings (SSSR count). The number of amides is 2. The molecule has 0 saturated carbocycles. The van der Waals surface area contributed by atoms with Gasteiger partial charge in [0.05, 0.1) is 0 Å². The van der Waals surface area contributed by atoms with Gasteiger partial charge in [0, 0.05) is 37.4 Å². The highest BCUT2D eigenvalue weighted by Gasteiger charge is 2.20. The summed E-state index contributed by atoms with van der Waals surface area (Å²) in [5, 5.41) is 5.35. The van der Waals surface area contributed by atoms with Crippen LogP contribution in [0.2, 0.25) is 0 Å². The van der Waals surface area contributed by atoms with Gasteiger partial charge in [-0.3, -0.25) is 4.90 Å². The zero-order chi connectivity index (χ0) is 17.6. The fraction of sp³-hybridized carbons (Fsp3) is 0.316. The minimum atomic E-state index is -0.718. The van der Waals surface area contributed by atoms with Gasteiger partial charge < -0.3 is 10.6 Å². The molecule has 0 aromatic heterocycles. The predicted molar refractivity (Wildman–Crippen MR) is 93.3 cm³/mol. The minimum Gasteiger partial charge on any atom is -0.335 e. The highest BCUT2D eigenvalue weighted by Crippen LogP contribution is 2.15. The molecular weight excluding hydrogens is 324 g/mol. The molecule has 0 atom stereocenters. The summed E-state index contributed by atoms with van der Waals surface area (Å²) in [5.41, 5.74) is 1.39. The standard InChI is InChI=1S/C19H21F2N3O/c20-15-10-16(21)12-18(11-15)23-19(25)22-17-6-8-24(9-7-17)13-14-4-2-1-3-5-14/h1-5,10-12,17H,6-9,13H2,(H2,22,23,25). The van der Waals surface area contributed by atoms with Crippen LogP contribution in [0.3, 0.4) is 0 Å². The van der Waals surface area contributed by atoms with Crippen molar-refractivity contribution < 1.29 is 13.6 Å². The number of rotatable bonds is 4. The van der Waals surface area contributed by atoms with Gasteiger partial charge >= 0.3 is 6.03 Å². The van der Waals surface area contributed by atoms with Crippen LogP contribution < -0.4 is 10.6 Å². The molecule has 2 aromatic carbocycles. The van der Waals surface area contributed by atoms with Crippen molar-refractivity contribution in [3.05, 3.63) is 65.7 Å². The Kier molecular flexibility index (Phi) is 5.60. The van der Waals surface area contributed by atoms with Crippen molar-refractivity contribution in [2.75, 3.05) is 18.4 Å². The third-order valence-electron chi connectivity index (χ3n) is 4.29. The second-order valence-electron chi connectivity index (χ2n) is 6.29. The van der Waals surface area contributed by atoms with E-state index in [9.17, 15) is 13.6 Å². The van der Waals surface area contributed by atoms with Gasteiger partial charge in [-0.25, -0.2) is 13.6 Å². The summed E-state index contributed by atoms with van der Waals surface area (Å²) in [6, 6.07) is 12.8. The summed E-state index contributed by atoms with van der Waals surface area (Å²) < 4.78 is 26.3. The number of carbonyl (C=O) groups excluding carboxylic acids is 1. The van der Waals surface area contributed by atoms with Crippen LogP contribution in [0.1, 0.15) is 18.4 Å². The van der Waals surface area contributed by atoms with Gasteiger partial charge in [-0.15, -0.1) is 0 Å². The Bertz CT molecular complexity index is 696. The summed E-state index contributed by atoms with van der Waals surface area (Å²) in [6.07, 6.45) is 1.69. The first-order chi connectivity index (χ1) is 12.1. The number of hydrogen-bond acceptors (Lipinski definition) is 2. The molecule has 0 unspecified atom stereocenters. The topological polar surface area (TPSA) is 44.4 Å². The summed E-state index contributed by atoms with van der Waals surface area (Å²) in [4.78, 5) is 14.3. The van der Waals surface area contributed by atoms with E-state index in [1.54, 1.807) is 0 Å². The lowest BCUT2D eigenvalue weighted by Gasteiger charge is -2.32. The van der Waals surface area contributed by atoms with E-state index in [-0.39, 0.29) is 11.7 Å². The molecule has 0 radical (unpaired) electrons. The van der Waals surface area contributed by atoms with Crippen molar-refractivity contribution >= 4 is 11.7 Å². The maximum Gasteiger partial charge on any atom is 0.319 e. The molecule has 1 heterocycles. The van der Waals surface area contributed by atoms with Crippen LogP contribution in [-0.4, -0.2) is 30.1 Å². The van der Waals surface area contributed by atoms with E-state index in [0.717, 1.165) is 50.7 Å². The molecule has 2 aromatic rings. The number of hydrogen-bond donors (Lipinski definition) is 2. The zero-order valence-corrected chi connectivity index (χ0v) is 13.8. The third-order valence-corrected chi connectivity index (χ3v) is 4.29. The van der Waals surface area contributed by atoms with E-state index in [0.29, 0.717) is 0 Å². The Morgan fingerprint density at radius 1 is 1.04 bits per heavy atom. The largest absolute Gasteiger partial charge is 0.335 e. The van der Waals surface area contributed by atoms with Crippen LogP contribution in [0.4, 0.5) is 19.3 Å². The first-order valence-electron chi connectivity index (χ1n) is 8.38. The number of nitrogens with zero attached hydrogens (tertiary/aromatic N) is 1. The lowest BCUT2D eigenvalue weighted by atomic mass is 10.0. The molecule has 132 valence electrons. The van der Waals surface area contributed by atoms with E-state index in [4.69, 9.17) is 0 Å². The number of piperidine rings is 1. The molecule has 1 aliphatic heterocycles. The Labute approximate surface area is 145 Å². The smallest absolute Gasteiger partial charge is 0.319 e. The molecule has 0 aliphatic carbocycles. The molecule has 25 heavy (non-hydrogen) atoms. The molecule has 4 nitrogen and oxygen atoms in total. The van der Waals surface area contributed by atoms with Crippen LogP contribution in [0.25, 0.3) is 0 Å². The van der Waals surface area contributed by atoms with Crippen molar-refractivity contribution in [1.82, 2.24) is 10.2 Å². The summed E-state index contributed by atoms with van der Waals surface area (Å²) >= 11 is 0. The van der Waals surface area contributed by atoms with Crippen molar-refractivity contribution in [1.29, 1.82) is 0 Å². The third kappa shape index (κ3) is 5.26. The predicted octanol–water partition coefficient (Wildman–Crippen LogP) is 3.75. The van der Waals surface area contributed by atoms with Crippen LogP contribution in [0.5, 0.6) is 0 Å². The van der Waals surface area contributed by atoms with Crippen molar-refractivity contribution in [2.24, 2.45) is 0 Å². The van der Waals surface area contributed by atoms with Crippen LogP contribution >= 0.6 is 0 Å². The fourth-order valence-corrected chi connectivity index (χ4v) is 3.06. The molecule has 1 saturated heterocycles. The second kappa shape index (κ2) is 8.07. The first kappa shape index (κ1) is 17.4. The Balaban J connectivity index is 1.44. The first-order valence-corrected chi connectivity index (χ1v) is 8.38. The van der Waals surface area contributed by atoms with Crippen molar-refractivity contribution in [2.45, 2.75) is 25.4 Å². The summed E-state index contributed by atoms with van der Waals surface area (Å²) in [5.74, 6) is -1.44. The van der Waals surface area contributed by atoms with Gasteiger partial charge in [0.25, 0.3) is 0 Å². The Morgan fingerprint density at radius 3 is 2.32 bits per heavy atom. The average Bonchev–Trinajstić information content (AvgIpc) is 2.56.